The fourth-order valence-corrected chi connectivity index (χ4v) is 1.93. The Balaban J connectivity index is 2.16. The maximum atomic E-state index is 13.7. The van der Waals surface area contributed by atoms with Crippen LogP contribution in [0.2, 0.25) is 0 Å². The lowest BCUT2D eigenvalue weighted by molar-refractivity contribution is -0.120. The number of carbonyl (C=O) groups is 2. The van der Waals surface area contributed by atoms with Gasteiger partial charge < -0.3 is 20.5 Å². The molecule has 1 fully saturated rings. The first-order valence-electron chi connectivity index (χ1n) is 6.05. The van der Waals surface area contributed by atoms with Crippen LogP contribution in [0, 0.1) is 11.7 Å². The fraction of sp³-hybridized carbons (Fsp3) is 0.385. The van der Waals surface area contributed by atoms with E-state index in [1.165, 1.54) is 19.2 Å². The van der Waals surface area contributed by atoms with Crippen molar-refractivity contribution < 1.29 is 23.5 Å². The lowest BCUT2D eigenvalue weighted by atomic mass is 10.0. The van der Waals surface area contributed by atoms with Gasteiger partial charge in [0.25, 0.3) is 0 Å². The Morgan fingerprint density at radius 2 is 2.20 bits per heavy atom. The number of hydrogen-bond acceptors (Lipinski definition) is 5. The van der Waals surface area contributed by atoms with Crippen LogP contribution in [0.15, 0.2) is 18.2 Å². The quantitative estimate of drug-likeness (QED) is 0.789. The summed E-state index contributed by atoms with van der Waals surface area (Å²) in [5.74, 6) is -2.22. The van der Waals surface area contributed by atoms with Crippen LogP contribution in [0.5, 0.6) is 0 Å². The van der Waals surface area contributed by atoms with E-state index in [1.54, 1.807) is 0 Å². The standard InChI is InChI=1S/C13H15FN2O4/c1-19-13(18)7-2-3-9(14)11(4-7)16-12(17)8-5-20-6-10(8)15/h2-4,8,10H,5-6,15H2,1H3,(H,16,17). The van der Waals surface area contributed by atoms with Gasteiger partial charge >= 0.3 is 5.97 Å². The van der Waals surface area contributed by atoms with Crippen molar-refractivity contribution in [3.05, 3.63) is 29.6 Å². The molecule has 0 aromatic heterocycles. The van der Waals surface area contributed by atoms with Gasteiger partial charge in [-0.05, 0) is 18.2 Å². The van der Waals surface area contributed by atoms with E-state index in [2.05, 4.69) is 10.1 Å². The van der Waals surface area contributed by atoms with Crippen molar-refractivity contribution in [1.82, 2.24) is 0 Å². The van der Waals surface area contributed by atoms with Crippen LogP contribution in [-0.2, 0) is 14.3 Å². The molecule has 1 aromatic rings. The van der Waals surface area contributed by atoms with Crippen LogP contribution in [0.4, 0.5) is 10.1 Å². The molecule has 1 aromatic carbocycles. The van der Waals surface area contributed by atoms with E-state index in [-0.39, 0.29) is 17.9 Å². The predicted molar refractivity (Wildman–Crippen MR) is 68.7 cm³/mol. The van der Waals surface area contributed by atoms with Crippen molar-refractivity contribution in [2.24, 2.45) is 11.7 Å². The van der Waals surface area contributed by atoms with Crippen LogP contribution in [0.1, 0.15) is 10.4 Å². The second-order valence-electron chi connectivity index (χ2n) is 4.48. The molecule has 2 rings (SSSR count). The lowest BCUT2D eigenvalue weighted by Gasteiger charge is -2.14. The summed E-state index contributed by atoms with van der Waals surface area (Å²) in [6, 6.07) is 3.18. The molecule has 3 N–H and O–H groups in total. The van der Waals surface area contributed by atoms with Crippen molar-refractivity contribution in [3.8, 4) is 0 Å². The van der Waals surface area contributed by atoms with Gasteiger partial charge in [-0.15, -0.1) is 0 Å². The zero-order valence-corrected chi connectivity index (χ0v) is 10.9. The first-order valence-corrected chi connectivity index (χ1v) is 6.05. The van der Waals surface area contributed by atoms with Gasteiger partial charge in [0.05, 0.1) is 37.5 Å². The number of nitrogens with one attached hydrogen (secondary N) is 1. The first kappa shape index (κ1) is 14.4. The molecular weight excluding hydrogens is 267 g/mol. The number of ether oxygens (including phenoxy) is 2. The summed E-state index contributed by atoms with van der Waals surface area (Å²) in [6.07, 6.45) is 0. The number of rotatable bonds is 3. The van der Waals surface area contributed by atoms with Crippen molar-refractivity contribution >= 4 is 17.6 Å². The number of hydrogen-bond donors (Lipinski definition) is 2. The average molecular weight is 282 g/mol. The molecule has 2 atom stereocenters. The van der Waals surface area contributed by atoms with Crippen molar-refractivity contribution in [3.63, 3.8) is 0 Å². The zero-order valence-electron chi connectivity index (χ0n) is 10.9. The number of anilines is 1. The molecule has 7 heteroatoms. The molecule has 0 saturated carbocycles. The minimum atomic E-state index is -0.640. The monoisotopic (exact) mass is 282 g/mol. The van der Waals surface area contributed by atoms with Crippen molar-refractivity contribution in [1.29, 1.82) is 0 Å². The van der Waals surface area contributed by atoms with Crippen LogP contribution in [0.3, 0.4) is 0 Å². The van der Waals surface area contributed by atoms with Gasteiger partial charge in [-0.3, -0.25) is 4.79 Å². The smallest absolute Gasteiger partial charge is 0.337 e. The highest BCUT2D eigenvalue weighted by Gasteiger charge is 2.31. The van der Waals surface area contributed by atoms with Gasteiger partial charge in [-0.2, -0.15) is 0 Å². The second kappa shape index (κ2) is 5.98. The van der Waals surface area contributed by atoms with E-state index in [4.69, 9.17) is 10.5 Å². The SMILES string of the molecule is COC(=O)c1ccc(F)c(NC(=O)C2COCC2N)c1. The lowest BCUT2D eigenvalue weighted by Crippen LogP contribution is -2.37. The molecule has 2 unspecified atom stereocenters. The highest BCUT2D eigenvalue weighted by molar-refractivity contribution is 5.96. The molecular formula is C13H15FN2O4. The summed E-state index contributed by atoms with van der Waals surface area (Å²) in [5, 5.41) is 2.42. The van der Waals surface area contributed by atoms with Crippen LogP contribution < -0.4 is 11.1 Å². The number of carbonyl (C=O) groups excluding carboxylic acids is 2. The molecule has 1 aliphatic heterocycles. The van der Waals surface area contributed by atoms with E-state index in [9.17, 15) is 14.0 Å². The Kier molecular flexibility index (Phi) is 4.31. The maximum Gasteiger partial charge on any atom is 0.337 e. The summed E-state index contributed by atoms with van der Waals surface area (Å²) >= 11 is 0. The van der Waals surface area contributed by atoms with E-state index in [0.717, 1.165) is 6.07 Å². The molecule has 1 heterocycles. The minimum absolute atomic E-state index is 0.0861. The highest BCUT2D eigenvalue weighted by atomic mass is 19.1. The zero-order chi connectivity index (χ0) is 14.7. The Morgan fingerprint density at radius 1 is 1.45 bits per heavy atom. The summed E-state index contributed by atoms with van der Waals surface area (Å²) in [4.78, 5) is 23.3. The molecule has 0 spiro atoms. The first-order chi connectivity index (χ1) is 9.52. The molecule has 108 valence electrons. The molecule has 0 radical (unpaired) electrons. The number of benzene rings is 1. The number of esters is 1. The summed E-state index contributed by atoms with van der Waals surface area (Å²) in [7, 11) is 1.22. The van der Waals surface area contributed by atoms with E-state index in [1.807, 2.05) is 0 Å². The third kappa shape index (κ3) is 2.94. The molecule has 20 heavy (non-hydrogen) atoms. The number of halogens is 1. The Labute approximate surface area is 115 Å². The normalized spacial score (nSPS) is 21.6. The van der Waals surface area contributed by atoms with E-state index < -0.39 is 29.7 Å². The third-order valence-corrected chi connectivity index (χ3v) is 3.11. The molecule has 6 nitrogen and oxygen atoms in total. The van der Waals surface area contributed by atoms with Crippen LogP contribution in [0.25, 0.3) is 0 Å². The highest BCUT2D eigenvalue weighted by Crippen LogP contribution is 2.20. The van der Waals surface area contributed by atoms with Crippen LogP contribution in [-0.4, -0.2) is 38.2 Å². The van der Waals surface area contributed by atoms with Gasteiger partial charge in [0.15, 0.2) is 0 Å². The molecule has 1 aliphatic rings. The average Bonchev–Trinajstić information content (AvgIpc) is 2.86. The van der Waals surface area contributed by atoms with Gasteiger partial charge in [0.1, 0.15) is 5.82 Å². The molecule has 0 bridgehead atoms. The largest absolute Gasteiger partial charge is 0.465 e. The number of methoxy groups -OCH3 is 1. The van der Waals surface area contributed by atoms with Gasteiger partial charge in [-0.1, -0.05) is 0 Å². The Hall–Kier alpha value is -1.99. The number of nitrogens with two attached hydrogens (primary N) is 1. The van der Waals surface area contributed by atoms with Gasteiger partial charge in [-0.25, -0.2) is 9.18 Å². The van der Waals surface area contributed by atoms with Gasteiger partial charge in [0, 0.05) is 6.04 Å². The van der Waals surface area contributed by atoms with Gasteiger partial charge in [0.2, 0.25) is 5.91 Å². The maximum absolute atomic E-state index is 13.7. The Morgan fingerprint density at radius 3 is 2.80 bits per heavy atom. The van der Waals surface area contributed by atoms with Crippen molar-refractivity contribution in [2.75, 3.05) is 25.6 Å². The summed E-state index contributed by atoms with van der Waals surface area (Å²) < 4.78 is 23.3. The fourth-order valence-electron chi connectivity index (χ4n) is 1.93. The Bertz CT molecular complexity index is 535. The molecule has 1 saturated heterocycles. The van der Waals surface area contributed by atoms with Crippen LogP contribution >= 0.6 is 0 Å². The molecule has 0 aliphatic carbocycles. The summed E-state index contributed by atoms with van der Waals surface area (Å²) in [5.41, 5.74) is 5.78. The predicted octanol–water partition coefficient (Wildman–Crippen LogP) is 0.524. The summed E-state index contributed by atoms with van der Waals surface area (Å²) in [6.45, 7) is 0.494. The minimum Gasteiger partial charge on any atom is -0.465 e. The van der Waals surface area contributed by atoms with E-state index >= 15 is 0 Å². The van der Waals surface area contributed by atoms with E-state index in [0.29, 0.717) is 6.61 Å². The third-order valence-electron chi connectivity index (χ3n) is 3.11. The van der Waals surface area contributed by atoms with Crippen molar-refractivity contribution in [2.45, 2.75) is 6.04 Å². The topological polar surface area (TPSA) is 90.6 Å². The number of amides is 1. The second-order valence-corrected chi connectivity index (χ2v) is 4.48. The molecule has 1 amide bonds.